The van der Waals surface area contributed by atoms with Gasteiger partial charge in [-0.05, 0) is 25.5 Å². The zero-order chi connectivity index (χ0) is 11.6. The average Bonchev–Trinajstić information content (AvgIpc) is 2.27. The second-order valence-electron chi connectivity index (χ2n) is 4.79. The van der Waals surface area contributed by atoms with Gasteiger partial charge in [-0.1, -0.05) is 34.1 Å². The Morgan fingerprint density at radius 2 is 2.12 bits per heavy atom. The maximum Gasteiger partial charge on any atom is 0.0408 e. The number of alkyl halides is 1. The van der Waals surface area contributed by atoms with Crippen molar-refractivity contribution in [1.82, 2.24) is 0 Å². The molecule has 0 aliphatic carbocycles. The van der Waals surface area contributed by atoms with Crippen molar-refractivity contribution >= 4 is 33.4 Å². The lowest BCUT2D eigenvalue weighted by Gasteiger charge is -2.39. The van der Waals surface area contributed by atoms with Crippen molar-refractivity contribution in [2.75, 3.05) is 23.7 Å². The molecule has 1 aromatic carbocycles. The highest BCUT2D eigenvalue weighted by Crippen LogP contribution is 2.33. The minimum absolute atomic E-state index is 0.373. The van der Waals surface area contributed by atoms with Crippen molar-refractivity contribution in [2.24, 2.45) is 0 Å². The molecule has 1 fully saturated rings. The van der Waals surface area contributed by atoms with Gasteiger partial charge in [-0.25, -0.2) is 0 Å². The molecule has 0 unspecified atom stereocenters. The Bertz CT molecular complexity index is 365. The van der Waals surface area contributed by atoms with Crippen LogP contribution in [0, 0.1) is 0 Å². The number of halogens is 1. The number of anilines is 1. The van der Waals surface area contributed by atoms with Gasteiger partial charge in [0.05, 0.1) is 0 Å². The van der Waals surface area contributed by atoms with Gasteiger partial charge in [0.2, 0.25) is 0 Å². The van der Waals surface area contributed by atoms with Crippen LogP contribution in [0.4, 0.5) is 5.69 Å². The first kappa shape index (κ1) is 12.3. The molecule has 3 heteroatoms. The van der Waals surface area contributed by atoms with Crippen LogP contribution in [0.5, 0.6) is 0 Å². The number of rotatable bonds is 2. The van der Waals surface area contributed by atoms with Crippen LogP contribution in [0.15, 0.2) is 24.3 Å². The lowest BCUT2D eigenvalue weighted by atomic mass is 10.1. The number of benzene rings is 1. The molecule has 1 nitrogen and oxygen atoms in total. The largest absolute Gasteiger partial charge is 0.369 e. The molecule has 1 aliphatic rings. The Morgan fingerprint density at radius 1 is 1.38 bits per heavy atom. The van der Waals surface area contributed by atoms with Gasteiger partial charge in [0.25, 0.3) is 0 Å². The number of nitrogens with zero attached hydrogens (tertiary/aromatic N) is 1. The van der Waals surface area contributed by atoms with Crippen molar-refractivity contribution < 1.29 is 0 Å². The van der Waals surface area contributed by atoms with Crippen LogP contribution < -0.4 is 4.90 Å². The van der Waals surface area contributed by atoms with Crippen molar-refractivity contribution in [2.45, 2.75) is 23.9 Å². The van der Waals surface area contributed by atoms with E-state index in [2.05, 4.69) is 70.7 Å². The molecule has 88 valence electrons. The fraction of sp³-hybridized carbons (Fsp3) is 0.538. The summed E-state index contributed by atoms with van der Waals surface area (Å²) in [5.41, 5.74) is 2.79. The van der Waals surface area contributed by atoms with Crippen LogP contribution in [0.1, 0.15) is 19.4 Å². The lowest BCUT2D eigenvalue weighted by molar-refractivity contribution is 0.646. The quantitative estimate of drug-likeness (QED) is 0.762. The van der Waals surface area contributed by atoms with Gasteiger partial charge in [-0.3, -0.25) is 0 Å². The standard InChI is InChI=1S/C13H18BrNS/c1-13(2)10-15(7-8-16-13)12-6-4-3-5-11(12)9-14/h3-6H,7-10H2,1-2H3. The predicted molar refractivity (Wildman–Crippen MR) is 77.8 cm³/mol. The van der Waals surface area contributed by atoms with Gasteiger partial charge >= 0.3 is 0 Å². The average molecular weight is 300 g/mol. The van der Waals surface area contributed by atoms with Crippen LogP contribution >= 0.6 is 27.7 Å². The highest BCUT2D eigenvalue weighted by molar-refractivity contribution is 9.08. The van der Waals surface area contributed by atoms with E-state index in [-0.39, 0.29) is 0 Å². The van der Waals surface area contributed by atoms with E-state index in [9.17, 15) is 0 Å². The second-order valence-corrected chi connectivity index (χ2v) is 7.15. The van der Waals surface area contributed by atoms with Gasteiger partial charge in [0.15, 0.2) is 0 Å². The van der Waals surface area contributed by atoms with Gasteiger partial charge in [-0.15, -0.1) is 0 Å². The van der Waals surface area contributed by atoms with Gasteiger partial charge in [-0.2, -0.15) is 11.8 Å². The van der Waals surface area contributed by atoms with Gasteiger partial charge in [0, 0.05) is 34.6 Å². The Hall–Kier alpha value is -0.150. The van der Waals surface area contributed by atoms with E-state index in [0.717, 1.165) is 18.4 Å². The molecule has 1 heterocycles. The summed E-state index contributed by atoms with van der Waals surface area (Å²) in [6.45, 7) is 6.97. The molecule has 0 radical (unpaired) electrons. The summed E-state index contributed by atoms with van der Waals surface area (Å²) in [7, 11) is 0. The first-order chi connectivity index (χ1) is 7.62. The fourth-order valence-electron chi connectivity index (χ4n) is 2.15. The van der Waals surface area contributed by atoms with E-state index in [0.29, 0.717) is 4.75 Å². The van der Waals surface area contributed by atoms with E-state index < -0.39 is 0 Å². The summed E-state index contributed by atoms with van der Waals surface area (Å²) < 4.78 is 0.373. The SMILES string of the molecule is CC1(C)CN(c2ccccc2CBr)CCS1. The summed E-state index contributed by atoms with van der Waals surface area (Å²) in [6, 6.07) is 8.70. The number of thioether (sulfide) groups is 1. The normalized spacial score (nSPS) is 19.8. The first-order valence-corrected chi connectivity index (χ1v) is 7.76. The molecule has 0 amide bonds. The van der Waals surface area contributed by atoms with Crippen molar-refractivity contribution in [1.29, 1.82) is 0 Å². The van der Waals surface area contributed by atoms with Crippen LogP contribution in [0.3, 0.4) is 0 Å². The molecule has 0 N–H and O–H groups in total. The third kappa shape index (κ3) is 2.75. The zero-order valence-corrected chi connectivity index (χ0v) is 12.3. The van der Waals surface area contributed by atoms with E-state index in [1.807, 2.05) is 0 Å². The molecular formula is C13H18BrNS. The van der Waals surface area contributed by atoms with Crippen molar-refractivity contribution in [3.8, 4) is 0 Å². The lowest BCUT2D eigenvalue weighted by Crippen LogP contribution is -2.43. The third-order valence-corrected chi connectivity index (χ3v) is 4.80. The fourth-order valence-corrected chi connectivity index (χ4v) is 3.74. The Balaban J connectivity index is 2.23. The van der Waals surface area contributed by atoms with Crippen molar-refractivity contribution in [3.63, 3.8) is 0 Å². The molecular weight excluding hydrogens is 282 g/mol. The highest BCUT2D eigenvalue weighted by atomic mass is 79.9. The molecule has 0 atom stereocenters. The molecule has 0 bridgehead atoms. The van der Waals surface area contributed by atoms with Crippen LogP contribution in [-0.2, 0) is 5.33 Å². The summed E-state index contributed by atoms with van der Waals surface area (Å²) >= 11 is 5.65. The molecule has 2 rings (SSSR count). The van der Waals surface area contributed by atoms with E-state index in [1.165, 1.54) is 17.0 Å². The Labute approximate surface area is 111 Å². The van der Waals surface area contributed by atoms with Gasteiger partial charge < -0.3 is 4.90 Å². The second kappa shape index (κ2) is 5.01. The Morgan fingerprint density at radius 3 is 2.81 bits per heavy atom. The summed E-state index contributed by atoms with van der Waals surface area (Å²) in [6.07, 6.45) is 0. The minimum atomic E-state index is 0.373. The number of hydrogen-bond acceptors (Lipinski definition) is 2. The molecule has 1 aromatic rings. The Kier molecular flexibility index (Phi) is 3.85. The van der Waals surface area contributed by atoms with Crippen molar-refractivity contribution in [3.05, 3.63) is 29.8 Å². The molecule has 1 saturated heterocycles. The summed E-state index contributed by atoms with van der Waals surface area (Å²) in [4.78, 5) is 2.52. The summed E-state index contributed by atoms with van der Waals surface area (Å²) in [5, 5.41) is 0.938. The topological polar surface area (TPSA) is 3.24 Å². The van der Waals surface area contributed by atoms with Crippen LogP contribution in [0.25, 0.3) is 0 Å². The van der Waals surface area contributed by atoms with E-state index in [1.54, 1.807) is 0 Å². The molecule has 0 saturated carbocycles. The first-order valence-electron chi connectivity index (χ1n) is 5.65. The number of para-hydroxylation sites is 1. The van der Waals surface area contributed by atoms with Crippen LogP contribution in [0.2, 0.25) is 0 Å². The molecule has 0 aromatic heterocycles. The van der Waals surface area contributed by atoms with E-state index >= 15 is 0 Å². The number of hydrogen-bond donors (Lipinski definition) is 0. The minimum Gasteiger partial charge on any atom is -0.369 e. The third-order valence-electron chi connectivity index (χ3n) is 2.90. The van der Waals surface area contributed by atoms with Gasteiger partial charge in [0.1, 0.15) is 0 Å². The highest BCUT2D eigenvalue weighted by Gasteiger charge is 2.27. The maximum atomic E-state index is 3.57. The molecule has 16 heavy (non-hydrogen) atoms. The van der Waals surface area contributed by atoms with Crippen LogP contribution in [-0.4, -0.2) is 23.6 Å². The van der Waals surface area contributed by atoms with E-state index in [4.69, 9.17) is 0 Å². The molecule has 0 spiro atoms. The maximum absolute atomic E-state index is 3.57. The summed E-state index contributed by atoms with van der Waals surface area (Å²) in [5.74, 6) is 1.23. The monoisotopic (exact) mass is 299 g/mol. The molecule has 1 aliphatic heterocycles. The predicted octanol–water partition coefficient (Wildman–Crippen LogP) is 3.91. The smallest absolute Gasteiger partial charge is 0.0408 e. The zero-order valence-electron chi connectivity index (χ0n) is 9.87.